The highest BCUT2D eigenvalue weighted by atomic mass is 35.5. The van der Waals surface area contributed by atoms with E-state index < -0.39 is 0 Å². The van der Waals surface area contributed by atoms with Gasteiger partial charge in [0, 0.05) is 26.9 Å². The summed E-state index contributed by atoms with van der Waals surface area (Å²) in [6, 6.07) is 26.3. The molecule has 0 amide bonds. The van der Waals surface area contributed by atoms with Crippen LogP contribution in [0.2, 0.25) is 10.0 Å². The third kappa shape index (κ3) is 4.36. The second kappa shape index (κ2) is 9.01. The zero-order valence-corrected chi connectivity index (χ0v) is 17.5. The zero-order chi connectivity index (χ0) is 19.3. The molecule has 0 aliphatic carbocycles. The van der Waals surface area contributed by atoms with Crippen molar-refractivity contribution >= 4 is 41.0 Å². The number of rotatable bonds is 6. The molecule has 3 aromatic carbocycles. The Morgan fingerprint density at radius 3 is 2.14 bits per heavy atom. The minimum Gasteiger partial charge on any atom is -0.273 e. The van der Waals surface area contributed by atoms with E-state index in [2.05, 4.69) is 45.8 Å². The van der Waals surface area contributed by atoms with Gasteiger partial charge in [0.05, 0.1) is 6.54 Å². The van der Waals surface area contributed by atoms with Gasteiger partial charge in [0.15, 0.2) is 0 Å². The van der Waals surface area contributed by atoms with Crippen molar-refractivity contribution in [2.45, 2.75) is 12.3 Å². The predicted molar refractivity (Wildman–Crippen MR) is 119 cm³/mol. The molecule has 0 N–H and O–H groups in total. The van der Waals surface area contributed by atoms with Crippen LogP contribution in [0.5, 0.6) is 0 Å². The lowest BCUT2D eigenvalue weighted by atomic mass is 10.2. The summed E-state index contributed by atoms with van der Waals surface area (Å²) in [7, 11) is 0. The van der Waals surface area contributed by atoms with E-state index in [0.717, 1.165) is 23.5 Å². The Hall–Kier alpha value is -1.98. The first kappa shape index (κ1) is 19.3. The van der Waals surface area contributed by atoms with Crippen LogP contribution in [0.4, 0.5) is 0 Å². The van der Waals surface area contributed by atoms with Gasteiger partial charge in [-0.1, -0.05) is 102 Å². The largest absolute Gasteiger partial charge is 0.273 e. The predicted octanol–water partition coefficient (Wildman–Crippen LogP) is 6.28. The van der Waals surface area contributed by atoms with Crippen molar-refractivity contribution in [1.82, 2.24) is 9.42 Å². The SMILES string of the molecule is Clc1cccc(Cl)c1CSN1CN=C(c2ccccc2)N1Cc1ccccc1. The number of amidine groups is 1. The summed E-state index contributed by atoms with van der Waals surface area (Å²) in [5.41, 5.74) is 3.29. The number of hydrogen-bond donors (Lipinski definition) is 0. The van der Waals surface area contributed by atoms with Crippen LogP contribution in [0.15, 0.2) is 83.9 Å². The Bertz CT molecular complexity index is 944. The first-order valence-electron chi connectivity index (χ1n) is 8.97. The van der Waals surface area contributed by atoms with E-state index in [1.807, 2.05) is 42.5 Å². The summed E-state index contributed by atoms with van der Waals surface area (Å²) in [5.74, 6) is 1.66. The molecule has 4 rings (SSSR count). The Labute approximate surface area is 179 Å². The van der Waals surface area contributed by atoms with Gasteiger partial charge in [-0.2, -0.15) is 0 Å². The van der Waals surface area contributed by atoms with E-state index in [9.17, 15) is 0 Å². The van der Waals surface area contributed by atoms with Gasteiger partial charge in [-0.15, -0.1) is 4.41 Å². The van der Waals surface area contributed by atoms with Crippen molar-refractivity contribution in [1.29, 1.82) is 0 Å². The van der Waals surface area contributed by atoms with Crippen LogP contribution in [0.25, 0.3) is 0 Å². The Morgan fingerprint density at radius 1 is 0.821 bits per heavy atom. The first-order chi connectivity index (χ1) is 13.7. The van der Waals surface area contributed by atoms with Crippen molar-refractivity contribution in [2.75, 3.05) is 6.67 Å². The maximum absolute atomic E-state index is 6.35. The van der Waals surface area contributed by atoms with Gasteiger partial charge < -0.3 is 0 Å². The number of halogens is 2. The van der Waals surface area contributed by atoms with Gasteiger partial charge in [0.1, 0.15) is 12.5 Å². The van der Waals surface area contributed by atoms with E-state index >= 15 is 0 Å². The van der Waals surface area contributed by atoms with Crippen LogP contribution in [0.1, 0.15) is 16.7 Å². The molecular weight excluding hydrogens is 409 g/mol. The summed E-state index contributed by atoms with van der Waals surface area (Å²) >= 11 is 14.4. The van der Waals surface area contributed by atoms with Gasteiger partial charge in [-0.3, -0.25) is 5.01 Å². The smallest absolute Gasteiger partial charge is 0.148 e. The molecule has 142 valence electrons. The molecule has 3 nitrogen and oxygen atoms in total. The number of hydrogen-bond acceptors (Lipinski definition) is 4. The molecule has 1 aliphatic heterocycles. The quantitative estimate of drug-likeness (QED) is 0.431. The fraction of sp³-hybridized carbons (Fsp3) is 0.136. The highest BCUT2D eigenvalue weighted by Crippen LogP contribution is 2.32. The molecule has 0 fully saturated rings. The van der Waals surface area contributed by atoms with Crippen molar-refractivity contribution < 1.29 is 0 Å². The summed E-state index contributed by atoms with van der Waals surface area (Å²) in [5, 5.41) is 3.61. The molecular formula is C22H19Cl2N3S. The van der Waals surface area contributed by atoms with Crippen LogP contribution >= 0.6 is 35.1 Å². The van der Waals surface area contributed by atoms with E-state index in [0.29, 0.717) is 22.5 Å². The molecule has 6 heteroatoms. The monoisotopic (exact) mass is 427 g/mol. The minimum atomic E-state index is 0.587. The van der Waals surface area contributed by atoms with Crippen LogP contribution in [0.3, 0.4) is 0 Å². The molecule has 0 bridgehead atoms. The lowest BCUT2D eigenvalue weighted by molar-refractivity contribution is 0.187. The van der Waals surface area contributed by atoms with Crippen LogP contribution in [-0.4, -0.2) is 21.9 Å². The average Bonchev–Trinajstić information content (AvgIpc) is 3.11. The third-order valence-electron chi connectivity index (χ3n) is 4.48. The van der Waals surface area contributed by atoms with Crippen LogP contribution in [-0.2, 0) is 12.3 Å². The Kier molecular flexibility index (Phi) is 6.23. The molecule has 28 heavy (non-hydrogen) atoms. The van der Waals surface area contributed by atoms with Crippen LogP contribution in [0, 0.1) is 0 Å². The number of nitrogens with zero attached hydrogens (tertiary/aromatic N) is 3. The fourth-order valence-electron chi connectivity index (χ4n) is 3.05. The average molecular weight is 428 g/mol. The van der Waals surface area contributed by atoms with Gasteiger partial charge in [0.25, 0.3) is 0 Å². The van der Waals surface area contributed by atoms with Crippen molar-refractivity contribution in [3.05, 3.63) is 106 Å². The highest BCUT2D eigenvalue weighted by Gasteiger charge is 2.27. The number of benzene rings is 3. The number of aliphatic imine (C=N–C) groups is 1. The molecule has 0 saturated heterocycles. The number of hydrazine groups is 1. The maximum atomic E-state index is 6.35. The van der Waals surface area contributed by atoms with E-state index in [4.69, 9.17) is 28.2 Å². The topological polar surface area (TPSA) is 18.8 Å². The van der Waals surface area contributed by atoms with E-state index in [1.54, 1.807) is 11.9 Å². The molecule has 1 heterocycles. The van der Waals surface area contributed by atoms with E-state index in [1.165, 1.54) is 5.56 Å². The van der Waals surface area contributed by atoms with E-state index in [-0.39, 0.29) is 0 Å². The molecule has 0 unspecified atom stereocenters. The molecule has 0 atom stereocenters. The van der Waals surface area contributed by atoms with Gasteiger partial charge in [-0.05, 0) is 17.7 Å². The summed E-state index contributed by atoms with van der Waals surface area (Å²) in [4.78, 5) is 4.80. The third-order valence-corrected chi connectivity index (χ3v) is 6.22. The molecule has 0 aromatic heterocycles. The van der Waals surface area contributed by atoms with Gasteiger partial charge in [-0.25, -0.2) is 4.99 Å². The molecule has 0 spiro atoms. The zero-order valence-electron chi connectivity index (χ0n) is 15.1. The standard InChI is InChI=1S/C22H19Cl2N3S/c23-20-12-7-13-21(24)19(20)15-28-27-16-25-22(18-10-5-2-6-11-18)26(27)14-17-8-3-1-4-9-17/h1-13H,14-16H2. The Morgan fingerprint density at radius 2 is 1.46 bits per heavy atom. The summed E-state index contributed by atoms with van der Waals surface area (Å²) < 4.78 is 2.18. The summed E-state index contributed by atoms with van der Waals surface area (Å²) in [6.45, 7) is 1.33. The van der Waals surface area contributed by atoms with Crippen molar-refractivity contribution in [3.63, 3.8) is 0 Å². The maximum Gasteiger partial charge on any atom is 0.148 e. The molecule has 1 aliphatic rings. The molecule has 0 saturated carbocycles. The van der Waals surface area contributed by atoms with Crippen LogP contribution < -0.4 is 0 Å². The Balaban J connectivity index is 1.56. The lowest BCUT2D eigenvalue weighted by Crippen LogP contribution is -2.37. The minimum absolute atomic E-state index is 0.587. The van der Waals surface area contributed by atoms with Crippen molar-refractivity contribution in [3.8, 4) is 0 Å². The summed E-state index contributed by atoms with van der Waals surface area (Å²) in [6.07, 6.45) is 0. The normalized spacial score (nSPS) is 14.4. The molecule has 3 aromatic rings. The van der Waals surface area contributed by atoms with Crippen molar-refractivity contribution in [2.24, 2.45) is 4.99 Å². The fourth-order valence-corrected chi connectivity index (χ4v) is 4.74. The second-order valence-corrected chi connectivity index (χ2v) is 8.14. The van der Waals surface area contributed by atoms with Gasteiger partial charge >= 0.3 is 0 Å². The second-order valence-electron chi connectivity index (χ2n) is 6.36. The highest BCUT2D eigenvalue weighted by molar-refractivity contribution is 7.96. The molecule has 0 radical (unpaired) electrons. The van der Waals surface area contributed by atoms with Gasteiger partial charge in [0.2, 0.25) is 0 Å². The first-order valence-corrected chi connectivity index (χ1v) is 10.7. The lowest BCUT2D eigenvalue weighted by Gasteiger charge is -2.29.